The smallest absolute Gasteiger partial charge is 0.0945 e. The summed E-state index contributed by atoms with van der Waals surface area (Å²) in [5, 5.41) is 10.1. The molecule has 2 aromatic heterocycles. The Balaban J connectivity index is 0.000000321. The van der Waals surface area contributed by atoms with Crippen molar-refractivity contribution < 1.29 is 0 Å². The van der Waals surface area contributed by atoms with Crippen molar-refractivity contribution in [1.29, 1.82) is 0 Å². The predicted molar refractivity (Wildman–Crippen MR) is 83.3 cm³/mol. The Morgan fingerprint density at radius 1 is 1.05 bits per heavy atom. The van der Waals surface area contributed by atoms with Crippen molar-refractivity contribution in [3.63, 3.8) is 0 Å². The van der Waals surface area contributed by atoms with Gasteiger partial charge < -0.3 is 15.2 Å². The van der Waals surface area contributed by atoms with Crippen LogP contribution in [0.25, 0.3) is 0 Å². The minimum atomic E-state index is 0.885. The van der Waals surface area contributed by atoms with Crippen LogP contribution in [0.15, 0.2) is 24.8 Å². The third-order valence-electron chi connectivity index (χ3n) is 2.55. The van der Waals surface area contributed by atoms with Crippen LogP contribution in [0.4, 0.5) is 0 Å². The van der Waals surface area contributed by atoms with Gasteiger partial charge in [0.05, 0.1) is 17.7 Å². The highest BCUT2D eigenvalue weighted by Crippen LogP contribution is 1.93. The van der Waals surface area contributed by atoms with Crippen LogP contribution in [-0.4, -0.2) is 33.4 Å². The summed E-state index contributed by atoms with van der Waals surface area (Å²) in [6.45, 7) is 5.77. The van der Waals surface area contributed by atoms with Gasteiger partial charge in [0.2, 0.25) is 0 Å². The quantitative estimate of drug-likeness (QED) is 0.886. The van der Waals surface area contributed by atoms with E-state index in [9.17, 15) is 0 Å². The first-order valence-corrected chi connectivity index (χ1v) is 6.90. The first-order valence-electron chi connectivity index (χ1n) is 6.90. The van der Waals surface area contributed by atoms with E-state index < -0.39 is 0 Å². The number of aromatic nitrogens is 4. The minimum absolute atomic E-state index is 0.885. The zero-order valence-corrected chi connectivity index (χ0v) is 13.5. The Labute approximate surface area is 122 Å². The molecule has 0 atom stereocenters. The van der Waals surface area contributed by atoms with Crippen LogP contribution in [0, 0.1) is 0 Å². The van der Waals surface area contributed by atoms with Crippen LogP contribution in [0.1, 0.15) is 25.2 Å². The molecule has 0 aliphatic rings. The third kappa shape index (κ3) is 6.49. The summed E-state index contributed by atoms with van der Waals surface area (Å²) in [5.74, 6) is 0. The normalized spacial score (nSPS) is 9.30. The van der Waals surface area contributed by atoms with Crippen molar-refractivity contribution in [3.8, 4) is 0 Å². The van der Waals surface area contributed by atoms with E-state index in [1.165, 1.54) is 11.4 Å². The van der Waals surface area contributed by atoms with Gasteiger partial charge in [-0.1, -0.05) is 13.8 Å². The van der Waals surface area contributed by atoms with Gasteiger partial charge in [0.1, 0.15) is 0 Å². The summed E-state index contributed by atoms with van der Waals surface area (Å²) in [6, 6.07) is 2.00. The van der Waals surface area contributed by atoms with E-state index in [4.69, 9.17) is 0 Å². The van der Waals surface area contributed by atoms with Gasteiger partial charge >= 0.3 is 0 Å². The first kappa shape index (κ1) is 18.3. The second kappa shape index (κ2) is 11.2. The van der Waals surface area contributed by atoms with Crippen LogP contribution < -0.4 is 10.6 Å². The lowest BCUT2D eigenvalue weighted by Crippen LogP contribution is -2.09. The number of imidazole rings is 1. The molecular weight excluding hydrogens is 252 g/mol. The molecular formula is C14H28N6. The molecule has 2 rings (SSSR count). The van der Waals surface area contributed by atoms with Crippen LogP contribution in [0.2, 0.25) is 0 Å². The molecule has 2 heterocycles. The van der Waals surface area contributed by atoms with Crippen molar-refractivity contribution in [2.24, 2.45) is 14.1 Å². The average molecular weight is 280 g/mol. The summed E-state index contributed by atoms with van der Waals surface area (Å²) in [6.07, 6.45) is 5.45. The number of nitrogens with zero attached hydrogens (tertiary/aromatic N) is 4. The summed E-state index contributed by atoms with van der Waals surface area (Å²) < 4.78 is 3.85. The molecule has 0 saturated heterocycles. The summed E-state index contributed by atoms with van der Waals surface area (Å²) in [5.41, 5.74) is 2.41. The fourth-order valence-electron chi connectivity index (χ4n) is 1.49. The highest BCUT2D eigenvalue weighted by Gasteiger charge is 1.93. The van der Waals surface area contributed by atoms with Crippen molar-refractivity contribution in [2.75, 3.05) is 14.1 Å². The zero-order chi connectivity index (χ0) is 15.4. The molecule has 6 nitrogen and oxygen atoms in total. The van der Waals surface area contributed by atoms with Crippen molar-refractivity contribution in [1.82, 2.24) is 30.0 Å². The topological polar surface area (TPSA) is 59.7 Å². The fraction of sp³-hybridized carbons (Fsp3) is 0.571. The SMILES string of the molecule is CC.CNCc1ccnn1C.CNCc1cncn1C. The molecule has 0 amide bonds. The summed E-state index contributed by atoms with van der Waals surface area (Å²) >= 11 is 0. The predicted octanol–water partition coefficient (Wildman–Crippen LogP) is 1.31. The van der Waals surface area contributed by atoms with E-state index in [2.05, 4.69) is 20.7 Å². The molecule has 6 heteroatoms. The second-order valence-corrected chi connectivity index (χ2v) is 4.00. The molecule has 0 aliphatic heterocycles. The van der Waals surface area contributed by atoms with E-state index >= 15 is 0 Å². The Morgan fingerprint density at radius 3 is 2.05 bits per heavy atom. The van der Waals surface area contributed by atoms with Gasteiger partial charge in [0, 0.05) is 39.6 Å². The maximum atomic E-state index is 4.01. The zero-order valence-electron chi connectivity index (χ0n) is 13.5. The van der Waals surface area contributed by atoms with Gasteiger partial charge in [-0.25, -0.2) is 4.98 Å². The molecule has 0 fully saturated rings. The summed E-state index contributed by atoms with van der Waals surface area (Å²) in [7, 11) is 7.77. The van der Waals surface area contributed by atoms with Crippen molar-refractivity contribution in [2.45, 2.75) is 26.9 Å². The van der Waals surface area contributed by atoms with Gasteiger partial charge in [-0.15, -0.1) is 0 Å². The van der Waals surface area contributed by atoms with Crippen molar-refractivity contribution in [3.05, 3.63) is 36.2 Å². The van der Waals surface area contributed by atoms with Crippen LogP contribution in [0.3, 0.4) is 0 Å². The molecule has 0 aromatic carbocycles. The van der Waals surface area contributed by atoms with Crippen molar-refractivity contribution >= 4 is 0 Å². The highest BCUT2D eigenvalue weighted by molar-refractivity contribution is 4.98. The Kier molecular flexibility index (Phi) is 10.3. The molecule has 2 N–H and O–H groups in total. The molecule has 20 heavy (non-hydrogen) atoms. The van der Waals surface area contributed by atoms with Crippen LogP contribution >= 0.6 is 0 Å². The molecule has 0 saturated carbocycles. The maximum absolute atomic E-state index is 4.01. The molecule has 0 bridgehead atoms. The largest absolute Gasteiger partial charge is 0.337 e. The summed E-state index contributed by atoms with van der Waals surface area (Å²) in [4.78, 5) is 3.96. The van der Waals surface area contributed by atoms with Gasteiger partial charge in [0.25, 0.3) is 0 Å². The van der Waals surface area contributed by atoms with E-state index in [1.54, 1.807) is 12.5 Å². The van der Waals surface area contributed by atoms with Gasteiger partial charge in [-0.05, 0) is 20.2 Å². The molecule has 0 aliphatic carbocycles. The Bertz CT molecular complexity index is 404. The first-order chi connectivity index (χ1) is 9.69. The number of hydrogen-bond donors (Lipinski definition) is 2. The molecule has 0 spiro atoms. The Hall–Kier alpha value is -1.66. The van der Waals surface area contributed by atoms with Gasteiger partial charge in [-0.2, -0.15) is 5.10 Å². The standard InChI is InChI=1S/2C6H11N3.C2H6/c1-7-3-6-4-8-5-9(6)2;1-7-5-6-3-4-8-9(6)2;1-2/h4-5,7H,3H2,1-2H3;3-4,7H,5H2,1-2H3;1-2H3. The van der Waals surface area contributed by atoms with E-state index in [0.29, 0.717) is 0 Å². The van der Waals surface area contributed by atoms with Crippen LogP contribution in [0.5, 0.6) is 0 Å². The molecule has 2 aromatic rings. The average Bonchev–Trinajstić information content (AvgIpc) is 3.04. The molecule has 0 radical (unpaired) electrons. The van der Waals surface area contributed by atoms with E-state index in [1.807, 2.05) is 63.6 Å². The number of aryl methyl sites for hydroxylation is 2. The van der Waals surface area contributed by atoms with Crippen LogP contribution in [-0.2, 0) is 27.2 Å². The lowest BCUT2D eigenvalue weighted by molar-refractivity contribution is 0.672. The minimum Gasteiger partial charge on any atom is -0.337 e. The number of rotatable bonds is 4. The van der Waals surface area contributed by atoms with Gasteiger partial charge in [-0.3, -0.25) is 4.68 Å². The number of nitrogens with one attached hydrogen (secondary N) is 2. The maximum Gasteiger partial charge on any atom is 0.0945 e. The molecule has 0 unspecified atom stereocenters. The molecule has 114 valence electrons. The monoisotopic (exact) mass is 280 g/mol. The third-order valence-corrected chi connectivity index (χ3v) is 2.55. The lowest BCUT2D eigenvalue weighted by Gasteiger charge is -1.97. The Morgan fingerprint density at radius 2 is 1.65 bits per heavy atom. The van der Waals surface area contributed by atoms with E-state index in [0.717, 1.165) is 13.1 Å². The second-order valence-electron chi connectivity index (χ2n) is 4.00. The van der Waals surface area contributed by atoms with E-state index in [-0.39, 0.29) is 0 Å². The lowest BCUT2D eigenvalue weighted by atomic mass is 10.4. The number of hydrogen-bond acceptors (Lipinski definition) is 4. The van der Waals surface area contributed by atoms with Gasteiger partial charge in [0.15, 0.2) is 0 Å². The fourth-order valence-corrected chi connectivity index (χ4v) is 1.49. The highest BCUT2D eigenvalue weighted by atomic mass is 15.3.